The van der Waals surface area contributed by atoms with Gasteiger partial charge in [-0.25, -0.2) is 9.67 Å². The quantitative estimate of drug-likeness (QED) is 0.506. The number of halogens is 3. The molecule has 3 aromatic heterocycles. The number of amidine groups is 1. The largest absolute Gasteiger partial charge is 0.435 e. The zero-order chi connectivity index (χ0) is 25.8. The number of aliphatic imine (C=N–C) groups is 1. The molecule has 6 bridgehead atoms. The van der Waals surface area contributed by atoms with Crippen LogP contribution in [-0.4, -0.2) is 43.4 Å². The Hall–Kier alpha value is -3.67. The molecule has 3 N–H and O–H groups in total. The monoisotopic (exact) mass is 501 g/mol. The van der Waals surface area contributed by atoms with Crippen LogP contribution in [0.25, 0.3) is 16.3 Å². The lowest BCUT2D eigenvalue weighted by atomic mass is 9.88. The molecule has 5 heterocycles. The molecule has 9 nitrogen and oxygen atoms in total. The molecule has 1 atom stereocenters. The fourth-order valence-electron chi connectivity index (χ4n) is 4.64. The SMILES string of the molecule is CCC1CN=C2C=C1c1cn(nc1C(F)(F)F)C(C)(C)Nc1nc(cc3ccn(CCO)c(=O)c13)N2. The van der Waals surface area contributed by atoms with Crippen LogP contribution in [0.15, 0.2) is 40.4 Å². The minimum atomic E-state index is -4.67. The second-order valence-electron chi connectivity index (χ2n) is 9.43. The number of aromatic nitrogens is 4. The van der Waals surface area contributed by atoms with Crippen molar-refractivity contribution in [2.45, 2.75) is 45.6 Å². The van der Waals surface area contributed by atoms with Gasteiger partial charge in [-0.05, 0) is 49.4 Å². The number of fused-ring (bicyclic) bond motifs is 8. The lowest BCUT2D eigenvalue weighted by Gasteiger charge is -2.29. The molecule has 0 aromatic carbocycles. The molecule has 0 fully saturated rings. The van der Waals surface area contributed by atoms with Crippen molar-refractivity contribution in [3.8, 4) is 0 Å². The summed E-state index contributed by atoms with van der Waals surface area (Å²) >= 11 is 0. The van der Waals surface area contributed by atoms with Crippen LogP contribution in [0.3, 0.4) is 0 Å². The first-order valence-electron chi connectivity index (χ1n) is 11.7. The zero-order valence-corrected chi connectivity index (χ0v) is 20.0. The third-order valence-electron chi connectivity index (χ3n) is 6.55. The lowest BCUT2D eigenvalue weighted by molar-refractivity contribution is -0.141. The Morgan fingerprint density at radius 1 is 1.31 bits per heavy atom. The van der Waals surface area contributed by atoms with Crippen LogP contribution in [0, 0.1) is 5.92 Å². The maximum Gasteiger partial charge on any atom is 0.435 e. The summed E-state index contributed by atoms with van der Waals surface area (Å²) in [4.78, 5) is 22.4. The number of nitrogens with zero attached hydrogens (tertiary/aromatic N) is 5. The van der Waals surface area contributed by atoms with Crippen molar-refractivity contribution in [2.75, 3.05) is 23.8 Å². The molecule has 0 saturated heterocycles. The third kappa shape index (κ3) is 4.04. The summed E-state index contributed by atoms with van der Waals surface area (Å²) in [5.74, 6) is 0.744. The molecule has 1 unspecified atom stereocenters. The fraction of sp³-hybridized carbons (Fsp3) is 0.417. The van der Waals surface area contributed by atoms with Crippen LogP contribution >= 0.6 is 0 Å². The first kappa shape index (κ1) is 24.0. The molecule has 0 saturated carbocycles. The van der Waals surface area contributed by atoms with Crippen molar-refractivity contribution in [1.82, 2.24) is 19.3 Å². The number of pyridine rings is 2. The number of nitrogens with one attached hydrogen (secondary N) is 2. The molecule has 2 aliphatic rings. The van der Waals surface area contributed by atoms with Crippen LogP contribution in [0.2, 0.25) is 0 Å². The van der Waals surface area contributed by atoms with E-state index in [1.54, 1.807) is 38.3 Å². The highest BCUT2D eigenvalue weighted by Crippen LogP contribution is 2.40. The van der Waals surface area contributed by atoms with Gasteiger partial charge in [0.05, 0.1) is 12.0 Å². The van der Waals surface area contributed by atoms with E-state index < -0.39 is 17.5 Å². The van der Waals surface area contributed by atoms with Gasteiger partial charge in [-0.2, -0.15) is 18.3 Å². The summed E-state index contributed by atoms with van der Waals surface area (Å²) in [6.45, 7) is 5.44. The third-order valence-corrected chi connectivity index (χ3v) is 6.55. The van der Waals surface area contributed by atoms with E-state index in [4.69, 9.17) is 0 Å². The number of alkyl halides is 3. The number of aliphatic hydroxyl groups excluding tert-OH is 1. The standard InChI is InChI=1S/C24H26F3N7O2/c1-4-13-11-28-17-10-15(13)16-12-34(32-20(16)24(25,26)27)23(2,3)31-21-19-14(9-18(29-17)30-21)5-6-33(7-8-35)22(19)36/h5-6,9-10,12-13,35H,4,7-8,11H2,1-3H3,(H2,28,29,30,31). The van der Waals surface area contributed by atoms with Gasteiger partial charge < -0.3 is 20.3 Å². The van der Waals surface area contributed by atoms with Crippen molar-refractivity contribution < 1.29 is 18.3 Å². The molecule has 0 aliphatic carbocycles. The summed E-state index contributed by atoms with van der Waals surface area (Å²) in [6.07, 6.45) is 0.552. The van der Waals surface area contributed by atoms with Gasteiger partial charge in [0, 0.05) is 37.0 Å². The molecule has 2 aliphatic heterocycles. The molecule has 0 spiro atoms. The van der Waals surface area contributed by atoms with Gasteiger partial charge in [-0.3, -0.25) is 9.79 Å². The fourth-order valence-corrected chi connectivity index (χ4v) is 4.64. The Labute approximate surface area is 204 Å². The van der Waals surface area contributed by atoms with Crippen LogP contribution in [0.1, 0.15) is 38.4 Å². The van der Waals surface area contributed by atoms with Gasteiger partial charge in [-0.15, -0.1) is 0 Å². The maximum atomic E-state index is 14.1. The Kier molecular flexibility index (Phi) is 5.66. The first-order chi connectivity index (χ1) is 17.0. The number of hydrogen-bond donors (Lipinski definition) is 3. The van der Waals surface area contributed by atoms with Crippen molar-refractivity contribution >= 4 is 33.8 Å². The summed E-state index contributed by atoms with van der Waals surface area (Å²) in [6, 6.07) is 3.42. The minimum absolute atomic E-state index is 0.00535. The minimum Gasteiger partial charge on any atom is -0.395 e. The predicted molar refractivity (Wildman–Crippen MR) is 131 cm³/mol. The topological polar surface area (TPSA) is 109 Å². The van der Waals surface area contributed by atoms with E-state index in [9.17, 15) is 23.1 Å². The van der Waals surface area contributed by atoms with E-state index in [0.29, 0.717) is 35.6 Å². The van der Waals surface area contributed by atoms with Gasteiger partial charge in [0.15, 0.2) is 5.69 Å². The normalized spacial score (nSPS) is 18.9. The Balaban J connectivity index is 1.79. The van der Waals surface area contributed by atoms with Gasteiger partial charge in [0.1, 0.15) is 23.1 Å². The molecule has 36 heavy (non-hydrogen) atoms. The highest BCUT2D eigenvalue weighted by molar-refractivity contribution is 6.09. The molecule has 0 radical (unpaired) electrons. The molecular formula is C24H26F3N7O2. The van der Waals surface area contributed by atoms with Gasteiger partial charge >= 0.3 is 6.18 Å². The summed E-state index contributed by atoms with van der Waals surface area (Å²) < 4.78 is 45.0. The number of anilines is 2. The number of hydrogen-bond acceptors (Lipinski definition) is 7. The van der Waals surface area contributed by atoms with Crippen molar-refractivity contribution in [3.63, 3.8) is 0 Å². The lowest BCUT2D eigenvalue weighted by Crippen LogP contribution is -2.37. The molecular weight excluding hydrogens is 475 g/mol. The summed E-state index contributed by atoms with van der Waals surface area (Å²) in [7, 11) is 0. The van der Waals surface area contributed by atoms with Gasteiger partial charge in [-0.1, -0.05) is 6.92 Å². The van der Waals surface area contributed by atoms with E-state index in [-0.39, 0.29) is 41.4 Å². The van der Waals surface area contributed by atoms with Crippen molar-refractivity contribution in [1.29, 1.82) is 0 Å². The van der Waals surface area contributed by atoms with E-state index in [1.165, 1.54) is 15.4 Å². The molecule has 0 amide bonds. The van der Waals surface area contributed by atoms with Crippen LogP contribution in [0.5, 0.6) is 0 Å². The van der Waals surface area contributed by atoms with E-state index in [0.717, 1.165) is 0 Å². The van der Waals surface area contributed by atoms with Crippen LogP contribution < -0.4 is 16.2 Å². The average Bonchev–Trinajstić information content (AvgIpc) is 3.27. The van der Waals surface area contributed by atoms with Gasteiger partial charge in [0.2, 0.25) is 0 Å². The number of dihydropyridines is 1. The maximum absolute atomic E-state index is 14.1. The predicted octanol–water partition coefficient (Wildman–Crippen LogP) is 3.66. The molecule has 3 aromatic rings. The second kappa shape index (κ2) is 8.47. The Morgan fingerprint density at radius 3 is 2.78 bits per heavy atom. The number of rotatable bonds is 3. The average molecular weight is 502 g/mol. The van der Waals surface area contributed by atoms with Crippen molar-refractivity contribution in [3.05, 3.63) is 52.2 Å². The Bertz CT molecular complexity index is 1470. The zero-order valence-electron chi connectivity index (χ0n) is 20.0. The Morgan fingerprint density at radius 2 is 2.08 bits per heavy atom. The molecule has 190 valence electrons. The first-order valence-corrected chi connectivity index (χ1v) is 11.7. The molecule has 12 heteroatoms. The molecule has 5 rings (SSSR count). The van der Waals surface area contributed by atoms with Gasteiger partial charge in [0.25, 0.3) is 5.56 Å². The van der Waals surface area contributed by atoms with Crippen molar-refractivity contribution in [2.24, 2.45) is 10.9 Å². The summed E-state index contributed by atoms with van der Waals surface area (Å²) in [5.41, 5.74) is -2.03. The van der Waals surface area contributed by atoms with E-state index in [1.807, 2.05) is 6.92 Å². The highest BCUT2D eigenvalue weighted by Gasteiger charge is 2.41. The number of aliphatic hydroxyl groups is 1. The van der Waals surface area contributed by atoms with Crippen LogP contribution in [0.4, 0.5) is 24.8 Å². The van der Waals surface area contributed by atoms with Crippen LogP contribution in [-0.2, 0) is 18.4 Å². The smallest absolute Gasteiger partial charge is 0.395 e. The van der Waals surface area contributed by atoms with E-state index >= 15 is 0 Å². The summed E-state index contributed by atoms with van der Waals surface area (Å²) in [5, 5.41) is 20.4. The highest BCUT2D eigenvalue weighted by atomic mass is 19.4. The van der Waals surface area contributed by atoms with E-state index in [2.05, 4.69) is 25.7 Å². The second-order valence-corrected chi connectivity index (χ2v) is 9.43.